The zero-order valence-electron chi connectivity index (χ0n) is 11.3. The molecule has 3 aromatic heterocycles. The third-order valence-electron chi connectivity index (χ3n) is 3.51. The third kappa shape index (κ3) is 1.63. The summed E-state index contributed by atoms with van der Waals surface area (Å²) in [5, 5.41) is 14.4. The SMILES string of the molecule is N#Cc1c(-c2ccccc2)nn2c1[nH]c(=O)c1cccnc12. The molecule has 4 aromatic rings. The zero-order chi connectivity index (χ0) is 15.1. The predicted octanol–water partition coefficient (Wildman–Crippen LogP) is 2.11. The normalized spacial score (nSPS) is 10.9. The van der Waals surface area contributed by atoms with Crippen LogP contribution in [0.1, 0.15) is 5.56 Å². The largest absolute Gasteiger partial charge is 0.305 e. The Morgan fingerprint density at radius 3 is 2.73 bits per heavy atom. The number of benzene rings is 1. The van der Waals surface area contributed by atoms with Gasteiger partial charge in [-0.3, -0.25) is 4.79 Å². The quantitative estimate of drug-likeness (QED) is 0.581. The Bertz CT molecular complexity index is 1100. The summed E-state index contributed by atoms with van der Waals surface area (Å²) in [4.78, 5) is 19.1. The van der Waals surface area contributed by atoms with Crippen molar-refractivity contribution in [2.75, 3.05) is 0 Å². The van der Waals surface area contributed by atoms with Crippen LogP contribution >= 0.6 is 0 Å². The van der Waals surface area contributed by atoms with Crippen LogP contribution in [0.2, 0.25) is 0 Å². The Labute approximate surface area is 124 Å². The van der Waals surface area contributed by atoms with Crippen molar-refractivity contribution in [2.45, 2.75) is 0 Å². The summed E-state index contributed by atoms with van der Waals surface area (Å²) in [6.07, 6.45) is 1.59. The number of nitrogens with zero attached hydrogens (tertiary/aromatic N) is 4. The molecule has 1 N–H and O–H groups in total. The van der Waals surface area contributed by atoms with Crippen LogP contribution in [0.25, 0.3) is 27.9 Å². The second-order valence-electron chi connectivity index (χ2n) is 4.79. The van der Waals surface area contributed by atoms with Gasteiger partial charge >= 0.3 is 0 Å². The van der Waals surface area contributed by atoms with Crippen molar-refractivity contribution in [3.8, 4) is 17.3 Å². The van der Waals surface area contributed by atoms with Crippen molar-refractivity contribution in [3.63, 3.8) is 0 Å². The van der Waals surface area contributed by atoms with E-state index in [9.17, 15) is 10.1 Å². The highest BCUT2D eigenvalue weighted by molar-refractivity contribution is 5.81. The van der Waals surface area contributed by atoms with Gasteiger partial charge in [0, 0.05) is 11.8 Å². The average Bonchev–Trinajstić information content (AvgIpc) is 2.94. The van der Waals surface area contributed by atoms with Crippen molar-refractivity contribution in [3.05, 3.63) is 64.6 Å². The molecule has 0 aliphatic carbocycles. The van der Waals surface area contributed by atoms with Gasteiger partial charge in [-0.05, 0) is 12.1 Å². The number of pyridine rings is 1. The highest BCUT2D eigenvalue weighted by Crippen LogP contribution is 2.25. The lowest BCUT2D eigenvalue weighted by molar-refractivity contribution is 0.960. The van der Waals surface area contributed by atoms with Crippen molar-refractivity contribution >= 4 is 16.7 Å². The van der Waals surface area contributed by atoms with E-state index in [0.29, 0.717) is 27.9 Å². The molecule has 0 unspecified atom stereocenters. The zero-order valence-corrected chi connectivity index (χ0v) is 11.3. The van der Waals surface area contributed by atoms with Crippen molar-refractivity contribution < 1.29 is 0 Å². The molecular weight excluding hydrogens is 278 g/mol. The maximum absolute atomic E-state index is 12.2. The van der Waals surface area contributed by atoms with E-state index < -0.39 is 0 Å². The van der Waals surface area contributed by atoms with E-state index in [0.717, 1.165) is 5.56 Å². The molecule has 0 aliphatic heterocycles. The fourth-order valence-electron chi connectivity index (χ4n) is 2.51. The van der Waals surface area contributed by atoms with E-state index in [1.165, 1.54) is 4.52 Å². The lowest BCUT2D eigenvalue weighted by Gasteiger charge is -1.98. The summed E-state index contributed by atoms with van der Waals surface area (Å²) in [5.41, 5.74) is 2.17. The van der Waals surface area contributed by atoms with Crippen LogP contribution in [0.15, 0.2) is 53.5 Å². The Morgan fingerprint density at radius 1 is 1.14 bits per heavy atom. The van der Waals surface area contributed by atoms with E-state index in [4.69, 9.17) is 0 Å². The molecule has 0 aliphatic rings. The Hall–Kier alpha value is -3.46. The van der Waals surface area contributed by atoms with Gasteiger partial charge in [0.15, 0.2) is 11.3 Å². The highest BCUT2D eigenvalue weighted by Gasteiger charge is 2.17. The molecule has 0 spiro atoms. The van der Waals surface area contributed by atoms with Crippen LogP contribution in [-0.4, -0.2) is 19.6 Å². The first-order chi connectivity index (χ1) is 10.8. The molecule has 0 radical (unpaired) electrons. The van der Waals surface area contributed by atoms with Crippen LogP contribution in [0.4, 0.5) is 0 Å². The minimum absolute atomic E-state index is 0.286. The molecule has 0 saturated heterocycles. The number of H-pyrrole nitrogens is 1. The predicted molar refractivity (Wildman–Crippen MR) is 81.3 cm³/mol. The first kappa shape index (κ1) is 12.3. The van der Waals surface area contributed by atoms with Gasteiger partial charge in [0.1, 0.15) is 17.3 Å². The number of hydrogen-bond acceptors (Lipinski definition) is 4. The summed E-state index contributed by atoms with van der Waals surface area (Å²) in [5.74, 6) is 0. The van der Waals surface area contributed by atoms with Gasteiger partial charge in [0.05, 0.1) is 5.39 Å². The lowest BCUT2D eigenvalue weighted by Crippen LogP contribution is -2.11. The summed E-state index contributed by atoms with van der Waals surface area (Å²) >= 11 is 0. The smallest absolute Gasteiger partial charge is 0.260 e. The minimum Gasteiger partial charge on any atom is -0.305 e. The molecule has 6 nitrogen and oxygen atoms in total. The third-order valence-corrected chi connectivity index (χ3v) is 3.51. The fraction of sp³-hybridized carbons (Fsp3) is 0. The molecule has 0 amide bonds. The number of rotatable bonds is 1. The van der Waals surface area contributed by atoms with E-state index >= 15 is 0 Å². The van der Waals surface area contributed by atoms with Gasteiger partial charge in [0.2, 0.25) is 0 Å². The van der Waals surface area contributed by atoms with Gasteiger partial charge in [-0.15, -0.1) is 0 Å². The van der Waals surface area contributed by atoms with Gasteiger partial charge in [-0.1, -0.05) is 30.3 Å². The van der Waals surface area contributed by atoms with Crippen molar-refractivity contribution in [2.24, 2.45) is 0 Å². The average molecular weight is 287 g/mol. The molecule has 0 atom stereocenters. The van der Waals surface area contributed by atoms with E-state index in [1.807, 2.05) is 30.3 Å². The molecular formula is C16H9N5O. The first-order valence-corrected chi connectivity index (χ1v) is 6.65. The van der Waals surface area contributed by atoms with Gasteiger partial charge in [0.25, 0.3) is 5.56 Å². The second-order valence-corrected chi connectivity index (χ2v) is 4.79. The lowest BCUT2D eigenvalue weighted by atomic mass is 10.1. The Morgan fingerprint density at radius 2 is 1.95 bits per heavy atom. The van der Waals surface area contributed by atoms with Gasteiger partial charge in [-0.2, -0.15) is 14.9 Å². The molecule has 22 heavy (non-hydrogen) atoms. The number of fused-ring (bicyclic) bond motifs is 3. The standard InChI is InChI=1S/C16H9N5O/c17-9-12-13(10-5-2-1-3-6-10)20-21-14-11(7-4-8-18-14)16(22)19-15(12)21/h1-8H,(H,19,22). The topological polar surface area (TPSA) is 86.8 Å². The van der Waals surface area contributed by atoms with Crippen molar-refractivity contribution in [1.29, 1.82) is 5.26 Å². The van der Waals surface area contributed by atoms with E-state index in [-0.39, 0.29) is 5.56 Å². The van der Waals surface area contributed by atoms with Crippen LogP contribution in [0.3, 0.4) is 0 Å². The summed E-state index contributed by atoms with van der Waals surface area (Å²) in [7, 11) is 0. The molecule has 104 valence electrons. The number of nitriles is 1. The molecule has 0 saturated carbocycles. The number of nitrogens with one attached hydrogen (secondary N) is 1. The van der Waals surface area contributed by atoms with Crippen LogP contribution in [0, 0.1) is 11.3 Å². The van der Waals surface area contributed by atoms with Crippen LogP contribution in [-0.2, 0) is 0 Å². The molecule has 0 bridgehead atoms. The number of aromatic nitrogens is 4. The fourth-order valence-corrected chi connectivity index (χ4v) is 2.51. The van der Waals surface area contributed by atoms with E-state index in [1.54, 1.807) is 18.3 Å². The highest BCUT2D eigenvalue weighted by atomic mass is 16.1. The minimum atomic E-state index is -0.286. The van der Waals surface area contributed by atoms with Crippen molar-refractivity contribution in [1.82, 2.24) is 19.6 Å². The van der Waals surface area contributed by atoms with E-state index in [2.05, 4.69) is 21.1 Å². The maximum Gasteiger partial charge on any atom is 0.260 e. The number of hydrogen-bond donors (Lipinski definition) is 1. The van der Waals surface area contributed by atoms with Gasteiger partial charge < -0.3 is 4.98 Å². The summed E-state index contributed by atoms with van der Waals surface area (Å²) in [6.45, 7) is 0. The molecule has 1 aromatic carbocycles. The van der Waals surface area contributed by atoms with Crippen LogP contribution < -0.4 is 5.56 Å². The number of aromatic amines is 1. The molecule has 4 rings (SSSR count). The maximum atomic E-state index is 12.2. The summed E-state index contributed by atoms with van der Waals surface area (Å²) < 4.78 is 1.51. The molecule has 6 heteroatoms. The van der Waals surface area contributed by atoms with Crippen LogP contribution in [0.5, 0.6) is 0 Å². The monoisotopic (exact) mass is 287 g/mol. The first-order valence-electron chi connectivity index (χ1n) is 6.65. The van der Waals surface area contributed by atoms with Gasteiger partial charge in [-0.25, -0.2) is 4.98 Å². The Balaban J connectivity index is 2.20. The molecule has 3 heterocycles. The summed E-state index contributed by atoms with van der Waals surface area (Å²) in [6, 6.07) is 14.9. The molecule has 0 fully saturated rings. The second kappa shape index (κ2) is 4.53. The Kier molecular flexibility index (Phi) is 2.53.